The van der Waals surface area contributed by atoms with Gasteiger partial charge in [0.2, 0.25) is 5.91 Å². The highest BCUT2D eigenvalue weighted by atomic mass is 16.5. The zero-order valence-electron chi connectivity index (χ0n) is 14.0. The highest BCUT2D eigenvalue weighted by Gasteiger charge is 2.29. The molecule has 5 heteroatoms. The van der Waals surface area contributed by atoms with Crippen molar-refractivity contribution < 1.29 is 14.3 Å². The van der Waals surface area contributed by atoms with Crippen LogP contribution in [-0.2, 0) is 16.0 Å². The number of ether oxygens (including phenoxy) is 1. The topological polar surface area (TPSA) is 49.9 Å². The quantitative estimate of drug-likeness (QED) is 0.842. The van der Waals surface area contributed by atoms with Crippen LogP contribution in [-0.4, -0.2) is 42.5 Å². The molecule has 1 aromatic rings. The van der Waals surface area contributed by atoms with E-state index in [1.54, 1.807) is 11.9 Å². The van der Waals surface area contributed by atoms with Gasteiger partial charge in [0, 0.05) is 19.1 Å². The number of hydrogen-bond donors (Lipinski definition) is 0. The van der Waals surface area contributed by atoms with E-state index in [2.05, 4.69) is 13.8 Å². The Morgan fingerprint density at radius 3 is 2.65 bits per heavy atom. The second-order valence-electron chi connectivity index (χ2n) is 6.65. The molecule has 0 bridgehead atoms. The molecule has 0 spiro atoms. The number of benzene rings is 1. The lowest BCUT2D eigenvalue weighted by Crippen LogP contribution is -2.48. The van der Waals surface area contributed by atoms with Gasteiger partial charge >= 0.3 is 0 Å². The van der Waals surface area contributed by atoms with E-state index in [4.69, 9.17) is 4.74 Å². The lowest BCUT2D eigenvalue weighted by atomic mass is 9.96. The van der Waals surface area contributed by atoms with E-state index in [0.717, 1.165) is 24.1 Å². The zero-order chi connectivity index (χ0) is 16.6. The molecule has 0 radical (unpaired) electrons. The van der Waals surface area contributed by atoms with E-state index in [0.29, 0.717) is 24.3 Å². The molecule has 3 rings (SSSR count). The average molecular weight is 316 g/mol. The molecule has 0 saturated carbocycles. The molecule has 0 N–H and O–H groups in total. The third-order valence-corrected chi connectivity index (χ3v) is 4.95. The number of amides is 2. The van der Waals surface area contributed by atoms with Gasteiger partial charge in [-0.1, -0.05) is 6.07 Å². The normalized spacial score (nSPS) is 24.2. The Morgan fingerprint density at radius 2 is 1.96 bits per heavy atom. The van der Waals surface area contributed by atoms with Gasteiger partial charge in [-0.25, -0.2) is 0 Å². The number of anilines is 1. The number of likely N-dealkylation sites (tertiary alicyclic amines) is 1. The van der Waals surface area contributed by atoms with Crippen LogP contribution in [0.3, 0.4) is 0 Å². The van der Waals surface area contributed by atoms with Gasteiger partial charge in [0.05, 0.1) is 12.1 Å². The van der Waals surface area contributed by atoms with Gasteiger partial charge in [0.15, 0.2) is 6.61 Å². The lowest BCUT2D eigenvalue weighted by Gasteiger charge is -2.39. The van der Waals surface area contributed by atoms with E-state index in [-0.39, 0.29) is 18.4 Å². The fourth-order valence-corrected chi connectivity index (χ4v) is 3.61. The summed E-state index contributed by atoms with van der Waals surface area (Å²) >= 11 is 0. The molecule has 0 aromatic heterocycles. The number of piperidine rings is 1. The number of rotatable bonds is 2. The minimum Gasteiger partial charge on any atom is -0.482 e. The fraction of sp³-hybridized carbons (Fsp3) is 0.556. The van der Waals surface area contributed by atoms with Gasteiger partial charge in [0.25, 0.3) is 5.91 Å². The van der Waals surface area contributed by atoms with Crippen molar-refractivity contribution in [2.24, 2.45) is 0 Å². The fourth-order valence-electron chi connectivity index (χ4n) is 3.61. The van der Waals surface area contributed by atoms with Gasteiger partial charge < -0.3 is 14.5 Å². The van der Waals surface area contributed by atoms with E-state index in [1.807, 2.05) is 23.1 Å². The van der Waals surface area contributed by atoms with Crippen LogP contribution in [0.5, 0.6) is 5.75 Å². The van der Waals surface area contributed by atoms with Crippen LogP contribution >= 0.6 is 0 Å². The van der Waals surface area contributed by atoms with Gasteiger partial charge in [-0.05, 0) is 50.8 Å². The summed E-state index contributed by atoms with van der Waals surface area (Å²) in [6.45, 7) is 4.33. The molecule has 2 aliphatic rings. The maximum Gasteiger partial charge on any atom is 0.264 e. The molecule has 5 nitrogen and oxygen atoms in total. The van der Waals surface area contributed by atoms with Crippen LogP contribution in [0.15, 0.2) is 18.2 Å². The Hall–Kier alpha value is -2.04. The third kappa shape index (κ3) is 3.05. The van der Waals surface area contributed by atoms with Gasteiger partial charge in [0.1, 0.15) is 5.75 Å². The molecule has 1 saturated heterocycles. The summed E-state index contributed by atoms with van der Waals surface area (Å²) in [5.74, 6) is 0.789. The van der Waals surface area contributed by atoms with Crippen molar-refractivity contribution in [3.63, 3.8) is 0 Å². The number of fused-ring (bicyclic) bond motifs is 1. The van der Waals surface area contributed by atoms with E-state index >= 15 is 0 Å². The Labute approximate surface area is 137 Å². The van der Waals surface area contributed by atoms with Crippen molar-refractivity contribution in [3.05, 3.63) is 23.8 Å². The molecule has 1 fully saturated rings. The molecule has 0 aliphatic carbocycles. The lowest BCUT2D eigenvalue weighted by molar-refractivity contribution is -0.136. The number of likely N-dealkylation sites (N-methyl/N-ethyl adjacent to an activating group) is 1. The second kappa shape index (κ2) is 6.22. The molecule has 124 valence electrons. The molecule has 2 unspecified atom stereocenters. The Balaban J connectivity index is 1.78. The smallest absolute Gasteiger partial charge is 0.264 e. The largest absolute Gasteiger partial charge is 0.482 e. The monoisotopic (exact) mass is 316 g/mol. The molecule has 23 heavy (non-hydrogen) atoms. The zero-order valence-corrected chi connectivity index (χ0v) is 14.0. The summed E-state index contributed by atoms with van der Waals surface area (Å²) < 4.78 is 5.43. The predicted molar refractivity (Wildman–Crippen MR) is 88.7 cm³/mol. The summed E-state index contributed by atoms with van der Waals surface area (Å²) in [7, 11) is 1.74. The number of carbonyl (C=O) groups is 2. The maximum atomic E-state index is 12.7. The van der Waals surface area contributed by atoms with Crippen LogP contribution in [0.1, 0.15) is 38.7 Å². The number of hydrogen-bond acceptors (Lipinski definition) is 3. The molecular weight excluding hydrogens is 292 g/mol. The van der Waals surface area contributed by atoms with E-state index in [1.165, 1.54) is 6.42 Å². The molecule has 2 amide bonds. The van der Waals surface area contributed by atoms with Crippen LogP contribution in [0, 0.1) is 0 Å². The van der Waals surface area contributed by atoms with Gasteiger partial charge in [-0.15, -0.1) is 0 Å². The maximum absolute atomic E-state index is 12.7. The first-order chi connectivity index (χ1) is 11.0. The Bertz CT molecular complexity index is 619. The van der Waals surface area contributed by atoms with Crippen molar-refractivity contribution >= 4 is 17.5 Å². The second-order valence-corrected chi connectivity index (χ2v) is 6.65. The highest BCUT2D eigenvalue weighted by molar-refractivity contribution is 5.97. The Morgan fingerprint density at radius 1 is 1.26 bits per heavy atom. The summed E-state index contributed by atoms with van der Waals surface area (Å²) in [6, 6.07) is 6.26. The first-order valence-corrected chi connectivity index (χ1v) is 8.31. The number of nitrogens with zero attached hydrogens (tertiary/aromatic N) is 2. The predicted octanol–water partition coefficient (Wildman–Crippen LogP) is 2.37. The van der Waals surface area contributed by atoms with Crippen LogP contribution < -0.4 is 9.64 Å². The van der Waals surface area contributed by atoms with Crippen LogP contribution in [0.4, 0.5) is 5.69 Å². The Kier molecular flexibility index (Phi) is 4.28. The first-order valence-electron chi connectivity index (χ1n) is 8.31. The van der Waals surface area contributed by atoms with Crippen molar-refractivity contribution in [2.45, 2.75) is 51.6 Å². The average Bonchev–Trinajstić information content (AvgIpc) is 2.51. The van der Waals surface area contributed by atoms with Crippen molar-refractivity contribution in [2.75, 3.05) is 18.6 Å². The molecule has 2 atom stereocenters. The van der Waals surface area contributed by atoms with Gasteiger partial charge in [-0.2, -0.15) is 0 Å². The van der Waals surface area contributed by atoms with Crippen LogP contribution in [0.25, 0.3) is 0 Å². The first kappa shape index (κ1) is 15.8. The summed E-state index contributed by atoms with van der Waals surface area (Å²) in [5, 5.41) is 0. The van der Waals surface area contributed by atoms with E-state index in [9.17, 15) is 9.59 Å². The molecule has 1 aromatic carbocycles. The summed E-state index contributed by atoms with van der Waals surface area (Å²) in [5.41, 5.74) is 1.66. The van der Waals surface area contributed by atoms with E-state index < -0.39 is 0 Å². The molecule has 2 heterocycles. The molecular formula is C18H24N2O3. The van der Waals surface area contributed by atoms with Crippen molar-refractivity contribution in [1.82, 2.24) is 4.90 Å². The summed E-state index contributed by atoms with van der Waals surface area (Å²) in [6.07, 6.45) is 3.70. The van der Waals surface area contributed by atoms with Crippen molar-refractivity contribution in [3.8, 4) is 5.75 Å². The van der Waals surface area contributed by atoms with Crippen molar-refractivity contribution in [1.29, 1.82) is 0 Å². The molecule has 2 aliphatic heterocycles. The third-order valence-electron chi connectivity index (χ3n) is 4.95. The standard InChI is InChI=1S/C18H24N2O3/c1-12-5-4-6-13(2)20(12)17(21)10-14-7-8-16-15(9-14)19(3)18(22)11-23-16/h7-9,12-13H,4-6,10-11H2,1-3H3. The highest BCUT2D eigenvalue weighted by Crippen LogP contribution is 2.32. The summed E-state index contributed by atoms with van der Waals surface area (Å²) in [4.78, 5) is 28.1. The van der Waals surface area contributed by atoms with Gasteiger partial charge in [-0.3, -0.25) is 9.59 Å². The minimum absolute atomic E-state index is 0.0701. The SMILES string of the molecule is CC1CCCC(C)N1C(=O)Cc1ccc2c(c1)N(C)C(=O)CO2. The van der Waals surface area contributed by atoms with Crippen LogP contribution in [0.2, 0.25) is 0 Å². The minimum atomic E-state index is -0.0701. The number of carbonyl (C=O) groups excluding carboxylic acids is 2.